The van der Waals surface area contributed by atoms with Crippen LogP contribution in [0.1, 0.15) is 6.92 Å². The number of rotatable bonds is 6. The smallest absolute Gasteiger partial charge is 0.219 e. The summed E-state index contributed by atoms with van der Waals surface area (Å²) in [7, 11) is 0. The van der Waals surface area contributed by atoms with Gasteiger partial charge in [0.05, 0.1) is 30.5 Å². The van der Waals surface area contributed by atoms with Gasteiger partial charge in [-0.3, -0.25) is 4.98 Å². The number of nitrogens with zero attached hydrogens (tertiary/aromatic N) is 5. The average Bonchev–Trinajstić information content (AvgIpc) is 3.13. The van der Waals surface area contributed by atoms with Gasteiger partial charge in [0.15, 0.2) is 0 Å². The molecule has 0 fully saturated rings. The Hall–Kier alpha value is -3.74. The number of ether oxygens (including phenoxy) is 1. The van der Waals surface area contributed by atoms with Gasteiger partial charge in [0.1, 0.15) is 11.9 Å². The van der Waals surface area contributed by atoms with Crippen LogP contribution in [0.3, 0.4) is 0 Å². The second-order valence-electron chi connectivity index (χ2n) is 6.41. The molecule has 3 heterocycles. The van der Waals surface area contributed by atoms with Crippen molar-refractivity contribution in [3.8, 4) is 28.3 Å². The Balaban J connectivity index is 1.69. The predicted octanol–water partition coefficient (Wildman–Crippen LogP) is 3.45. The molecule has 7 nitrogen and oxygen atoms in total. The van der Waals surface area contributed by atoms with Gasteiger partial charge in [-0.1, -0.05) is 30.3 Å². The molecule has 1 unspecified atom stereocenters. The summed E-state index contributed by atoms with van der Waals surface area (Å²) in [4.78, 5) is 17.0. The zero-order valence-corrected chi connectivity index (χ0v) is 15.4. The minimum atomic E-state index is -0.0875. The summed E-state index contributed by atoms with van der Waals surface area (Å²) < 4.78 is 8.03. The van der Waals surface area contributed by atoms with Gasteiger partial charge < -0.3 is 15.0 Å². The lowest BCUT2D eigenvalue weighted by molar-refractivity contribution is 0.199. The number of hydrogen-bond donors (Lipinski definition) is 1. The zero-order chi connectivity index (χ0) is 19.3. The Morgan fingerprint density at radius 3 is 2.46 bits per heavy atom. The van der Waals surface area contributed by atoms with Crippen molar-refractivity contribution in [1.29, 1.82) is 0 Å². The lowest BCUT2D eigenvalue weighted by Gasteiger charge is -2.17. The first kappa shape index (κ1) is 17.7. The molecule has 140 valence electrons. The lowest BCUT2D eigenvalue weighted by Crippen LogP contribution is -2.19. The van der Waals surface area contributed by atoms with Crippen molar-refractivity contribution < 1.29 is 4.74 Å². The van der Waals surface area contributed by atoms with Crippen molar-refractivity contribution in [1.82, 2.24) is 24.5 Å². The van der Waals surface area contributed by atoms with Gasteiger partial charge in [-0.25, -0.2) is 15.0 Å². The summed E-state index contributed by atoms with van der Waals surface area (Å²) in [6, 6.07) is 13.8. The number of benzene rings is 1. The molecule has 0 saturated heterocycles. The fourth-order valence-corrected chi connectivity index (χ4v) is 3.05. The quantitative estimate of drug-likeness (QED) is 0.557. The summed E-state index contributed by atoms with van der Waals surface area (Å²) in [6.45, 7) is 2.62. The first-order chi connectivity index (χ1) is 13.7. The van der Waals surface area contributed by atoms with Crippen molar-refractivity contribution in [2.45, 2.75) is 19.6 Å². The van der Waals surface area contributed by atoms with E-state index in [1.807, 2.05) is 55.7 Å². The van der Waals surface area contributed by atoms with Crippen molar-refractivity contribution >= 4 is 5.95 Å². The van der Waals surface area contributed by atoms with Crippen molar-refractivity contribution in [2.75, 3.05) is 5.73 Å². The summed E-state index contributed by atoms with van der Waals surface area (Å²) in [5.74, 6) is 0.972. The van der Waals surface area contributed by atoms with E-state index in [1.165, 1.54) is 0 Å². The second kappa shape index (κ2) is 7.87. The van der Waals surface area contributed by atoms with Crippen LogP contribution in [-0.2, 0) is 6.54 Å². The van der Waals surface area contributed by atoms with E-state index in [2.05, 4.69) is 24.5 Å². The van der Waals surface area contributed by atoms with Crippen LogP contribution < -0.4 is 10.5 Å². The van der Waals surface area contributed by atoms with Crippen LogP contribution in [0.4, 0.5) is 5.95 Å². The van der Waals surface area contributed by atoms with Gasteiger partial charge in [-0.2, -0.15) is 0 Å². The maximum absolute atomic E-state index is 5.98. The van der Waals surface area contributed by atoms with Crippen molar-refractivity contribution in [3.63, 3.8) is 0 Å². The highest BCUT2D eigenvalue weighted by molar-refractivity contribution is 5.78. The Morgan fingerprint density at radius 1 is 0.964 bits per heavy atom. The zero-order valence-electron chi connectivity index (χ0n) is 15.4. The normalized spacial score (nSPS) is 11.9. The lowest BCUT2D eigenvalue weighted by atomic mass is 10.1. The SMILES string of the molecule is CC(Cn1cnc(-c2ccccc2)c1-c1cnc(N)nc1)Oc1cccnc1. The van der Waals surface area contributed by atoms with Crippen LogP contribution in [-0.4, -0.2) is 30.6 Å². The number of nitrogens with two attached hydrogens (primary N) is 1. The van der Waals surface area contributed by atoms with Gasteiger partial charge in [0.25, 0.3) is 0 Å². The van der Waals surface area contributed by atoms with Gasteiger partial charge in [-0.15, -0.1) is 0 Å². The molecule has 1 aromatic carbocycles. The molecule has 0 aliphatic carbocycles. The number of anilines is 1. The maximum Gasteiger partial charge on any atom is 0.219 e. The van der Waals surface area contributed by atoms with E-state index in [1.54, 1.807) is 24.8 Å². The highest BCUT2D eigenvalue weighted by atomic mass is 16.5. The summed E-state index contributed by atoms with van der Waals surface area (Å²) in [5, 5.41) is 0. The Bertz CT molecular complexity index is 1030. The molecular formula is C21H20N6O. The largest absolute Gasteiger partial charge is 0.487 e. The molecule has 28 heavy (non-hydrogen) atoms. The third kappa shape index (κ3) is 3.83. The number of aromatic nitrogens is 5. The van der Waals surface area contributed by atoms with Gasteiger partial charge in [0.2, 0.25) is 5.95 Å². The van der Waals surface area contributed by atoms with Crippen LogP contribution in [0, 0.1) is 0 Å². The van der Waals surface area contributed by atoms with Crippen LogP contribution in [0.5, 0.6) is 5.75 Å². The van der Waals surface area contributed by atoms with E-state index in [0.29, 0.717) is 6.54 Å². The van der Waals surface area contributed by atoms with E-state index < -0.39 is 0 Å². The third-order valence-corrected chi connectivity index (χ3v) is 4.26. The van der Waals surface area contributed by atoms with Crippen LogP contribution in [0.15, 0.2) is 73.6 Å². The van der Waals surface area contributed by atoms with Crippen LogP contribution in [0.25, 0.3) is 22.5 Å². The standard InChI is InChI=1S/C21H20N6O/c1-15(28-18-8-5-9-23-12-18)13-27-14-26-19(16-6-3-2-4-7-16)20(27)17-10-24-21(22)25-11-17/h2-12,14-15H,13H2,1H3,(H2,22,24,25). The molecule has 7 heteroatoms. The van der Waals surface area contributed by atoms with E-state index in [0.717, 1.165) is 28.3 Å². The molecule has 4 aromatic rings. The van der Waals surface area contributed by atoms with Gasteiger partial charge in [-0.05, 0) is 19.1 Å². The fraction of sp³-hybridized carbons (Fsp3) is 0.143. The Morgan fingerprint density at radius 2 is 1.75 bits per heavy atom. The van der Waals surface area contributed by atoms with Gasteiger partial charge >= 0.3 is 0 Å². The van der Waals surface area contributed by atoms with E-state index in [9.17, 15) is 0 Å². The number of hydrogen-bond acceptors (Lipinski definition) is 6. The second-order valence-corrected chi connectivity index (χ2v) is 6.41. The average molecular weight is 372 g/mol. The van der Waals surface area contributed by atoms with Gasteiger partial charge in [0, 0.05) is 29.7 Å². The molecule has 2 N–H and O–H groups in total. The van der Waals surface area contributed by atoms with Crippen molar-refractivity contribution in [3.05, 3.63) is 73.6 Å². The summed E-state index contributed by atoms with van der Waals surface area (Å²) in [5.41, 5.74) is 9.32. The highest BCUT2D eigenvalue weighted by Crippen LogP contribution is 2.31. The molecule has 4 rings (SSSR count). The van der Waals surface area contributed by atoms with Crippen molar-refractivity contribution in [2.24, 2.45) is 0 Å². The Labute approximate surface area is 162 Å². The van der Waals surface area contributed by atoms with E-state index in [-0.39, 0.29) is 12.1 Å². The first-order valence-electron chi connectivity index (χ1n) is 8.96. The topological polar surface area (TPSA) is 91.7 Å². The molecule has 0 aliphatic heterocycles. The number of imidazole rings is 1. The third-order valence-electron chi connectivity index (χ3n) is 4.26. The minimum Gasteiger partial charge on any atom is -0.487 e. The molecular weight excluding hydrogens is 352 g/mol. The maximum atomic E-state index is 5.98. The fourth-order valence-electron chi connectivity index (χ4n) is 3.05. The minimum absolute atomic E-state index is 0.0875. The highest BCUT2D eigenvalue weighted by Gasteiger charge is 2.18. The molecule has 0 aliphatic rings. The molecule has 1 atom stereocenters. The summed E-state index contributed by atoms with van der Waals surface area (Å²) >= 11 is 0. The van der Waals surface area contributed by atoms with E-state index >= 15 is 0 Å². The van der Waals surface area contributed by atoms with E-state index in [4.69, 9.17) is 10.5 Å². The summed E-state index contributed by atoms with van der Waals surface area (Å²) in [6.07, 6.45) is 8.59. The molecule has 0 bridgehead atoms. The first-order valence-corrected chi connectivity index (χ1v) is 8.96. The molecule has 0 spiro atoms. The monoisotopic (exact) mass is 372 g/mol. The molecule has 0 radical (unpaired) electrons. The molecule has 0 saturated carbocycles. The number of nitrogen functional groups attached to an aromatic ring is 1. The molecule has 0 amide bonds. The van der Waals surface area contributed by atoms with Crippen LogP contribution in [0.2, 0.25) is 0 Å². The Kier molecular flexibility index (Phi) is 4.97. The number of pyridine rings is 1. The molecule has 3 aromatic heterocycles. The predicted molar refractivity (Wildman–Crippen MR) is 107 cm³/mol. The van der Waals surface area contributed by atoms with Crippen LogP contribution >= 0.6 is 0 Å².